The topological polar surface area (TPSA) is 58.4 Å². The highest BCUT2D eigenvalue weighted by atomic mass is 35.5. The van der Waals surface area contributed by atoms with Crippen molar-refractivity contribution in [1.82, 2.24) is 4.90 Å². The van der Waals surface area contributed by atoms with E-state index in [2.05, 4.69) is 19.2 Å². The van der Waals surface area contributed by atoms with Crippen LogP contribution >= 0.6 is 12.4 Å². The number of nitrogens with two attached hydrogens (primary N) is 1. The van der Waals surface area contributed by atoms with Crippen molar-refractivity contribution in [3.8, 4) is 0 Å². The maximum Gasteiger partial charge on any atom is 0.416 e. The van der Waals surface area contributed by atoms with Crippen LogP contribution in [0.5, 0.6) is 0 Å². The monoisotopic (exact) mass is 365 g/mol. The maximum absolute atomic E-state index is 12.5. The lowest BCUT2D eigenvalue weighted by atomic mass is 9.80. The molecule has 1 amide bonds. The molecule has 3 N–H and O–H groups in total. The molecule has 4 nitrogen and oxygen atoms in total. The highest BCUT2D eigenvalue weighted by Crippen LogP contribution is 2.30. The molecule has 24 heavy (non-hydrogen) atoms. The maximum atomic E-state index is 12.5. The van der Waals surface area contributed by atoms with Crippen LogP contribution in [0.2, 0.25) is 0 Å². The average Bonchev–Trinajstić information content (AvgIpc) is 2.42. The lowest BCUT2D eigenvalue weighted by Crippen LogP contribution is -2.53. The number of anilines is 1. The van der Waals surface area contributed by atoms with Crippen molar-refractivity contribution in [2.24, 2.45) is 11.1 Å². The minimum absolute atomic E-state index is 0. The fraction of sp³-hybridized carbons (Fsp3) is 0.562. The van der Waals surface area contributed by atoms with E-state index in [1.807, 2.05) is 4.90 Å². The van der Waals surface area contributed by atoms with Gasteiger partial charge in [0.25, 0.3) is 0 Å². The molecule has 0 aromatic heterocycles. The van der Waals surface area contributed by atoms with Gasteiger partial charge in [-0.3, -0.25) is 9.69 Å². The first-order valence-corrected chi connectivity index (χ1v) is 7.53. The molecule has 1 aliphatic heterocycles. The molecular formula is C16H23ClF3N3O. The van der Waals surface area contributed by atoms with Gasteiger partial charge in [0.05, 0.1) is 12.1 Å². The summed E-state index contributed by atoms with van der Waals surface area (Å²) in [6.07, 6.45) is -3.55. The van der Waals surface area contributed by atoms with E-state index >= 15 is 0 Å². The number of carbonyl (C=O) groups excluding carboxylic acids is 1. The van der Waals surface area contributed by atoms with Gasteiger partial charge in [0.1, 0.15) is 0 Å². The number of hydrogen-bond acceptors (Lipinski definition) is 3. The Labute approximate surface area is 146 Å². The fourth-order valence-corrected chi connectivity index (χ4v) is 2.77. The molecular weight excluding hydrogens is 343 g/mol. The van der Waals surface area contributed by atoms with Crippen molar-refractivity contribution in [2.45, 2.75) is 32.5 Å². The van der Waals surface area contributed by atoms with Gasteiger partial charge in [0.2, 0.25) is 5.91 Å². The number of benzene rings is 1. The Morgan fingerprint density at radius 1 is 1.33 bits per heavy atom. The first-order chi connectivity index (χ1) is 10.6. The van der Waals surface area contributed by atoms with Crippen LogP contribution in [0.1, 0.15) is 25.8 Å². The van der Waals surface area contributed by atoms with E-state index in [0.717, 1.165) is 25.1 Å². The van der Waals surface area contributed by atoms with Gasteiger partial charge in [-0.05, 0) is 36.1 Å². The molecule has 1 aromatic rings. The quantitative estimate of drug-likeness (QED) is 0.865. The van der Waals surface area contributed by atoms with E-state index in [0.29, 0.717) is 12.2 Å². The van der Waals surface area contributed by atoms with Gasteiger partial charge in [0, 0.05) is 24.8 Å². The minimum Gasteiger partial charge on any atom is -0.327 e. The second kappa shape index (κ2) is 7.72. The molecule has 0 bridgehead atoms. The molecule has 1 fully saturated rings. The predicted octanol–water partition coefficient (Wildman–Crippen LogP) is 3.12. The van der Waals surface area contributed by atoms with Crippen molar-refractivity contribution < 1.29 is 18.0 Å². The molecule has 2 rings (SSSR count). The van der Waals surface area contributed by atoms with Gasteiger partial charge < -0.3 is 11.1 Å². The highest BCUT2D eigenvalue weighted by molar-refractivity contribution is 5.92. The van der Waals surface area contributed by atoms with E-state index in [1.165, 1.54) is 12.1 Å². The Bertz CT molecular complexity index is 561. The number of nitrogens with one attached hydrogen (secondary N) is 1. The number of amides is 1. The standard InChI is InChI=1S/C16H22F3N3O.ClH/c1-15(2)10-22(8-7-13(15)20)9-14(23)21-12-5-3-11(4-6-12)16(17,18)19;/h3-6,13H,7-10,20H2,1-2H3,(H,21,23);1H. The molecule has 1 atom stereocenters. The molecule has 136 valence electrons. The second-order valence-electron chi connectivity index (χ2n) is 6.72. The Morgan fingerprint density at radius 2 is 1.92 bits per heavy atom. The fourth-order valence-electron chi connectivity index (χ4n) is 2.77. The first kappa shape index (κ1) is 20.7. The first-order valence-electron chi connectivity index (χ1n) is 7.53. The second-order valence-corrected chi connectivity index (χ2v) is 6.72. The number of rotatable bonds is 3. The summed E-state index contributed by atoms with van der Waals surface area (Å²) in [4.78, 5) is 14.1. The third-order valence-electron chi connectivity index (χ3n) is 4.25. The zero-order valence-corrected chi connectivity index (χ0v) is 14.5. The summed E-state index contributed by atoms with van der Waals surface area (Å²) in [5.41, 5.74) is 5.62. The Balaban J connectivity index is 0.00000288. The normalized spacial score (nSPS) is 21.0. The van der Waals surface area contributed by atoms with E-state index in [-0.39, 0.29) is 36.3 Å². The number of alkyl halides is 3. The van der Waals surface area contributed by atoms with Gasteiger partial charge in [-0.15, -0.1) is 12.4 Å². The zero-order valence-electron chi connectivity index (χ0n) is 13.7. The van der Waals surface area contributed by atoms with Crippen molar-refractivity contribution >= 4 is 24.0 Å². The van der Waals surface area contributed by atoms with Crippen LogP contribution < -0.4 is 11.1 Å². The van der Waals surface area contributed by atoms with Gasteiger partial charge >= 0.3 is 6.18 Å². The third kappa shape index (κ3) is 5.36. The summed E-state index contributed by atoms with van der Waals surface area (Å²) in [5.74, 6) is -0.240. The number of hydrogen-bond donors (Lipinski definition) is 2. The van der Waals surface area contributed by atoms with Crippen LogP contribution in [-0.2, 0) is 11.0 Å². The van der Waals surface area contributed by atoms with Gasteiger partial charge in [-0.2, -0.15) is 13.2 Å². The molecule has 0 aliphatic carbocycles. The Hall–Kier alpha value is -1.31. The Kier molecular flexibility index (Phi) is 6.67. The lowest BCUT2D eigenvalue weighted by molar-refractivity contribution is -0.137. The van der Waals surface area contributed by atoms with Crippen LogP contribution in [0, 0.1) is 5.41 Å². The van der Waals surface area contributed by atoms with Gasteiger partial charge in [-0.1, -0.05) is 13.8 Å². The summed E-state index contributed by atoms with van der Waals surface area (Å²) < 4.78 is 37.5. The summed E-state index contributed by atoms with van der Waals surface area (Å²) in [6.45, 7) is 5.80. The molecule has 0 saturated carbocycles. The number of nitrogens with zero attached hydrogens (tertiary/aromatic N) is 1. The molecule has 8 heteroatoms. The van der Waals surface area contributed by atoms with Crippen LogP contribution in [-0.4, -0.2) is 36.5 Å². The smallest absolute Gasteiger partial charge is 0.327 e. The van der Waals surface area contributed by atoms with E-state index < -0.39 is 11.7 Å². The molecule has 1 unspecified atom stereocenters. The summed E-state index contributed by atoms with van der Waals surface area (Å²) >= 11 is 0. The van der Waals surface area contributed by atoms with E-state index in [1.54, 1.807) is 0 Å². The number of piperidine rings is 1. The zero-order chi connectivity index (χ0) is 17.3. The molecule has 1 saturated heterocycles. The largest absolute Gasteiger partial charge is 0.416 e. The van der Waals surface area contributed by atoms with Gasteiger partial charge in [-0.25, -0.2) is 0 Å². The average molecular weight is 366 g/mol. The van der Waals surface area contributed by atoms with Crippen molar-refractivity contribution in [1.29, 1.82) is 0 Å². The molecule has 0 radical (unpaired) electrons. The molecule has 1 heterocycles. The SMILES string of the molecule is CC1(C)CN(CC(=O)Nc2ccc(C(F)(F)F)cc2)CCC1N.Cl. The number of halogens is 4. The number of carbonyl (C=O) groups is 1. The summed E-state index contributed by atoms with van der Waals surface area (Å²) in [5, 5.41) is 2.63. The van der Waals surface area contributed by atoms with Crippen LogP contribution in [0.3, 0.4) is 0 Å². The van der Waals surface area contributed by atoms with Gasteiger partial charge in [0.15, 0.2) is 0 Å². The highest BCUT2D eigenvalue weighted by Gasteiger charge is 2.34. The third-order valence-corrected chi connectivity index (χ3v) is 4.25. The van der Waals surface area contributed by atoms with E-state index in [4.69, 9.17) is 5.73 Å². The van der Waals surface area contributed by atoms with Crippen molar-refractivity contribution in [2.75, 3.05) is 25.0 Å². The predicted molar refractivity (Wildman–Crippen MR) is 90.1 cm³/mol. The van der Waals surface area contributed by atoms with Crippen molar-refractivity contribution in [3.63, 3.8) is 0 Å². The Morgan fingerprint density at radius 3 is 2.42 bits per heavy atom. The molecule has 1 aromatic carbocycles. The van der Waals surface area contributed by atoms with Crippen LogP contribution in [0.15, 0.2) is 24.3 Å². The molecule has 1 aliphatic rings. The molecule has 0 spiro atoms. The van der Waals surface area contributed by atoms with Crippen LogP contribution in [0.4, 0.5) is 18.9 Å². The summed E-state index contributed by atoms with van der Waals surface area (Å²) in [6, 6.07) is 4.54. The minimum atomic E-state index is -4.37. The number of likely N-dealkylation sites (tertiary alicyclic amines) is 1. The van der Waals surface area contributed by atoms with Crippen LogP contribution in [0.25, 0.3) is 0 Å². The van der Waals surface area contributed by atoms with Crippen molar-refractivity contribution in [3.05, 3.63) is 29.8 Å². The van der Waals surface area contributed by atoms with E-state index in [9.17, 15) is 18.0 Å². The summed E-state index contributed by atoms with van der Waals surface area (Å²) in [7, 11) is 0. The lowest BCUT2D eigenvalue weighted by Gasteiger charge is -2.42.